The van der Waals surface area contributed by atoms with E-state index in [1.807, 2.05) is 85.8 Å². The zero-order valence-electron chi connectivity index (χ0n) is 15.8. The quantitative estimate of drug-likeness (QED) is 0.323. The Morgan fingerprint density at radius 2 is 1.72 bits per heavy atom. The van der Waals surface area contributed by atoms with E-state index in [0.717, 1.165) is 32.2 Å². The van der Waals surface area contributed by atoms with Crippen LogP contribution in [0, 0.1) is 6.92 Å². The maximum Gasteiger partial charge on any atom is 0.272 e. The first-order chi connectivity index (χ1) is 14.1. The molecule has 0 radical (unpaired) electrons. The molecule has 0 spiro atoms. The van der Waals surface area contributed by atoms with Gasteiger partial charge < -0.3 is 0 Å². The smallest absolute Gasteiger partial charge is 0.267 e. The number of hydrogen-bond acceptors (Lipinski definition) is 3. The Bertz CT molecular complexity index is 1200. The van der Waals surface area contributed by atoms with Gasteiger partial charge in [0, 0.05) is 15.4 Å². The van der Waals surface area contributed by atoms with Crippen LogP contribution in [0.1, 0.15) is 21.5 Å². The molecule has 4 rings (SSSR count). The number of aryl methyl sites for hydroxylation is 1. The number of nitrogens with zero attached hydrogens (tertiary/aromatic N) is 2. The van der Waals surface area contributed by atoms with Crippen LogP contribution in [-0.2, 0) is 0 Å². The first kappa shape index (κ1) is 19.0. The average molecular weight is 444 g/mol. The zero-order chi connectivity index (χ0) is 20.2. The Morgan fingerprint density at radius 3 is 2.48 bits per heavy atom. The van der Waals surface area contributed by atoms with Gasteiger partial charge in [0.2, 0.25) is 0 Å². The number of benzene rings is 3. The highest BCUT2D eigenvalue weighted by Crippen LogP contribution is 2.26. The van der Waals surface area contributed by atoms with E-state index in [9.17, 15) is 4.79 Å². The Kier molecular flexibility index (Phi) is 5.49. The normalized spacial score (nSPS) is 11.1. The van der Waals surface area contributed by atoms with Crippen molar-refractivity contribution in [2.75, 3.05) is 0 Å². The van der Waals surface area contributed by atoms with Crippen molar-refractivity contribution in [2.45, 2.75) is 6.92 Å². The monoisotopic (exact) mass is 443 g/mol. The highest BCUT2D eigenvalue weighted by molar-refractivity contribution is 9.10. The Balaban J connectivity index is 1.67. The number of hydrazone groups is 1. The molecule has 0 aliphatic rings. The third kappa shape index (κ3) is 4.41. The van der Waals surface area contributed by atoms with Crippen molar-refractivity contribution in [3.8, 4) is 11.3 Å². The highest BCUT2D eigenvalue weighted by atomic mass is 79.9. The average Bonchev–Trinajstić information content (AvgIpc) is 2.75. The van der Waals surface area contributed by atoms with Crippen LogP contribution >= 0.6 is 15.9 Å². The van der Waals surface area contributed by atoms with E-state index in [-0.39, 0.29) is 5.91 Å². The third-order valence-corrected chi connectivity index (χ3v) is 5.09. The molecule has 0 saturated heterocycles. The number of rotatable bonds is 4. The molecule has 0 aliphatic heterocycles. The maximum atomic E-state index is 12.9. The predicted octanol–water partition coefficient (Wildman–Crippen LogP) is 5.74. The number of amides is 1. The van der Waals surface area contributed by atoms with Crippen molar-refractivity contribution in [1.82, 2.24) is 10.4 Å². The molecule has 0 atom stereocenters. The van der Waals surface area contributed by atoms with Gasteiger partial charge >= 0.3 is 0 Å². The molecule has 0 bridgehead atoms. The second-order valence-corrected chi connectivity index (χ2v) is 7.60. The molecular formula is C24H18BrN3O. The summed E-state index contributed by atoms with van der Waals surface area (Å²) >= 11 is 3.45. The van der Waals surface area contributed by atoms with Gasteiger partial charge in [0.1, 0.15) is 0 Å². The van der Waals surface area contributed by atoms with Crippen LogP contribution < -0.4 is 5.43 Å². The minimum atomic E-state index is -0.273. The van der Waals surface area contributed by atoms with Crippen molar-refractivity contribution >= 4 is 39.0 Å². The van der Waals surface area contributed by atoms with Crippen LogP contribution in [0.25, 0.3) is 22.2 Å². The second-order valence-electron chi connectivity index (χ2n) is 6.69. The van der Waals surface area contributed by atoms with Gasteiger partial charge in [-0.2, -0.15) is 5.10 Å². The molecule has 4 nitrogen and oxygen atoms in total. The molecular weight excluding hydrogens is 426 g/mol. The van der Waals surface area contributed by atoms with Crippen LogP contribution in [0.3, 0.4) is 0 Å². The topological polar surface area (TPSA) is 54.4 Å². The third-order valence-electron chi connectivity index (χ3n) is 4.56. The summed E-state index contributed by atoms with van der Waals surface area (Å²) in [6.45, 7) is 2.03. The van der Waals surface area contributed by atoms with Crippen LogP contribution in [0.5, 0.6) is 0 Å². The molecule has 3 aromatic carbocycles. The minimum absolute atomic E-state index is 0.273. The van der Waals surface area contributed by atoms with Gasteiger partial charge in [-0.15, -0.1) is 0 Å². The number of fused-ring (bicyclic) bond motifs is 1. The van der Waals surface area contributed by atoms with Gasteiger partial charge in [-0.3, -0.25) is 4.79 Å². The van der Waals surface area contributed by atoms with Gasteiger partial charge in [-0.25, -0.2) is 10.4 Å². The van der Waals surface area contributed by atoms with Gasteiger partial charge in [0.25, 0.3) is 5.91 Å². The number of halogens is 1. The van der Waals surface area contributed by atoms with Crippen molar-refractivity contribution in [2.24, 2.45) is 5.10 Å². The van der Waals surface area contributed by atoms with E-state index in [0.29, 0.717) is 5.56 Å². The van der Waals surface area contributed by atoms with E-state index in [2.05, 4.69) is 26.5 Å². The molecule has 4 aromatic rings. The summed E-state index contributed by atoms with van der Waals surface area (Å²) in [6.07, 6.45) is 1.64. The first-order valence-corrected chi connectivity index (χ1v) is 9.95. The summed E-state index contributed by atoms with van der Waals surface area (Å²) < 4.78 is 0.991. The van der Waals surface area contributed by atoms with Gasteiger partial charge in [-0.1, -0.05) is 76.1 Å². The maximum absolute atomic E-state index is 12.9. The number of pyridine rings is 1. The van der Waals surface area contributed by atoms with Crippen molar-refractivity contribution in [3.63, 3.8) is 0 Å². The fourth-order valence-electron chi connectivity index (χ4n) is 3.01. The molecule has 0 unspecified atom stereocenters. The Hall–Kier alpha value is -3.31. The summed E-state index contributed by atoms with van der Waals surface area (Å²) in [7, 11) is 0. The molecule has 0 fully saturated rings. The molecule has 0 saturated carbocycles. The zero-order valence-corrected chi connectivity index (χ0v) is 17.3. The number of carbonyl (C=O) groups is 1. The number of hydrogen-bond donors (Lipinski definition) is 1. The molecule has 1 aromatic heterocycles. The highest BCUT2D eigenvalue weighted by Gasteiger charge is 2.13. The minimum Gasteiger partial charge on any atom is -0.267 e. The number of aromatic nitrogens is 1. The largest absolute Gasteiger partial charge is 0.272 e. The van der Waals surface area contributed by atoms with E-state index < -0.39 is 0 Å². The molecule has 29 heavy (non-hydrogen) atoms. The van der Waals surface area contributed by atoms with Gasteiger partial charge in [-0.05, 0) is 36.8 Å². The lowest BCUT2D eigenvalue weighted by atomic mass is 10.0. The first-order valence-electron chi connectivity index (χ1n) is 9.16. The van der Waals surface area contributed by atoms with Crippen LogP contribution in [0.2, 0.25) is 0 Å². The number of nitrogens with one attached hydrogen (secondary N) is 1. The van der Waals surface area contributed by atoms with Crippen molar-refractivity contribution < 1.29 is 4.79 Å². The summed E-state index contributed by atoms with van der Waals surface area (Å²) in [6, 6.07) is 25.2. The fraction of sp³-hybridized carbons (Fsp3) is 0.0417. The Morgan fingerprint density at radius 1 is 1.00 bits per heavy atom. The van der Waals surface area contributed by atoms with E-state index in [4.69, 9.17) is 4.98 Å². The lowest BCUT2D eigenvalue weighted by molar-refractivity contribution is 0.0956. The fourth-order valence-corrected chi connectivity index (χ4v) is 3.27. The van der Waals surface area contributed by atoms with E-state index in [1.165, 1.54) is 5.56 Å². The summed E-state index contributed by atoms with van der Waals surface area (Å²) in [5.41, 5.74) is 7.72. The van der Waals surface area contributed by atoms with Crippen LogP contribution in [0.4, 0.5) is 0 Å². The summed E-state index contributed by atoms with van der Waals surface area (Å²) in [5.74, 6) is -0.273. The van der Waals surface area contributed by atoms with Crippen molar-refractivity contribution in [3.05, 3.63) is 100 Å². The second kappa shape index (κ2) is 8.37. The lowest BCUT2D eigenvalue weighted by Crippen LogP contribution is -2.18. The van der Waals surface area contributed by atoms with E-state index >= 15 is 0 Å². The molecule has 1 amide bonds. The van der Waals surface area contributed by atoms with E-state index in [1.54, 1.807) is 6.21 Å². The SMILES string of the molecule is Cc1ccc(/C=N/NC(=O)c2cc(-c3ccc(Br)cc3)nc3ccccc23)cc1. The molecule has 0 aliphatic carbocycles. The predicted molar refractivity (Wildman–Crippen MR) is 121 cm³/mol. The number of carbonyl (C=O) groups excluding carboxylic acids is 1. The Labute approximate surface area is 177 Å². The lowest BCUT2D eigenvalue weighted by Gasteiger charge is -2.09. The molecule has 142 valence electrons. The summed E-state index contributed by atoms with van der Waals surface area (Å²) in [5, 5.41) is 4.91. The van der Waals surface area contributed by atoms with Gasteiger partial charge in [0.05, 0.1) is 23.0 Å². The standard InChI is InChI=1S/C24H18BrN3O/c1-16-6-8-17(9-7-16)15-26-28-24(29)21-14-23(18-10-12-19(25)13-11-18)27-22-5-3-2-4-20(21)22/h2-15H,1H3,(H,28,29)/b26-15+. The van der Waals surface area contributed by atoms with Crippen LogP contribution in [-0.4, -0.2) is 17.1 Å². The van der Waals surface area contributed by atoms with Crippen molar-refractivity contribution in [1.29, 1.82) is 0 Å². The molecule has 1 heterocycles. The van der Waals surface area contributed by atoms with Crippen LogP contribution in [0.15, 0.2) is 88.4 Å². The molecule has 5 heteroatoms. The summed E-state index contributed by atoms with van der Waals surface area (Å²) in [4.78, 5) is 17.6. The molecule has 1 N–H and O–H groups in total. The number of para-hydroxylation sites is 1. The van der Waals surface area contributed by atoms with Gasteiger partial charge in [0.15, 0.2) is 0 Å².